The Balaban J connectivity index is 1.23. The van der Waals surface area contributed by atoms with Gasteiger partial charge in [0.05, 0.1) is 23.3 Å². The van der Waals surface area contributed by atoms with Crippen LogP contribution in [-0.2, 0) is 9.53 Å². The summed E-state index contributed by atoms with van der Waals surface area (Å²) < 4.78 is 39.8. The zero-order chi connectivity index (χ0) is 32.5. The lowest BCUT2D eigenvalue weighted by atomic mass is 9.73. The summed E-state index contributed by atoms with van der Waals surface area (Å²) in [6.45, 7) is 2.11. The fourth-order valence-corrected chi connectivity index (χ4v) is 5.96. The number of carbonyl (C=O) groups excluding carboxylic acids is 1. The maximum Gasteiger partial charge on any atom is 0.361 e. The largest absolute Gasteiger partial charge is 0.848 e. The highest BCUT2D eigenvalue weighted by Gasteiger charge is 2.37. The van der Waals surface area contributed by atoms with Gasteiger partial charge in [-0.1, -0.05) is 61.6 Å². The van der Waals surface area contributed by atoms with Gasteiger partial charge in [-0.25, -0.2) is 13.2 Å². The van der Waals surface area contributed by atoms with Crippen molar-refractivity contribution in [3.05, 3.63) is 173 Å². The topological polar surface area (TPSA) is 60.7 Å². The Labute approximate surface area is 271 Å². The Kier molecular flexibility index (Phi) is 8.19. The van der Waals surface area contributed by atoms with E-state index in [4.69, 9.17) is 9.15 Å². The van der Waals surface area contributed by atoms with Gasteiger partial charge in [-0.2, -0.15) is 0 Å². The summed E-state index contributed by atoms with van der Waals surface area (Å²) in [5, 5.41) is 13.6. The molecule has 1 saturated carbocycles. The van der Waals surface area contributed by atoms with E-state index >= 15 is 0 Å². The molecule has 7 rings (SSSR count). The molecule has 1 aliphatic heterocycles. The van der Waals surface area contributed by atoms with Crippen molar-refractivity contribution < 1.29 is 27.8 Å². The predicted molar refractivity (Wildman–Crippen MR) is 178 cm³/mol. The third-order valence-corrected chi connectivity index (χ3v) is 8.58. The van der Waals surface area contributed by atoms with Crippen LogP contribution in [0.4, 0.5) is 8.78 Å². The molecule has 0 saturated heterocycles. The first kappa shape index (κ1) is 30.2. The third kappa shape index (κ3) is 6.33. The molecule has 2 heterocycles. The standard InChI is InChI=1S/C41H30F2O4/c1-25-7-5-6-10-33(25)39-24-27(23-38(47-39)30-13-17-32(43)18-14-30)20-35-40(44)34(41(35)45)19-26-21-36(28-8-3-2-4-9-28)46-37(22-26)29-11-15-31(42)16-12-29/h2-6,8-25,34,40H,7H2,1H3/b26-19-,35-20-. The smallest absolute Gasteiger partial charge is 0.361 e. The highest BCUT2D eigenvalue weighted by atomic mass is 19.1. The van der Waals surface area contributed by atoms with Gasteiger partial charge in [0.1, 0.15) is 23.2 Å². The van der Waals surface area contributed by atoms with Crippen molar-refractivity contribution in [2.75, 3.05) is 0 Å². The summed E-state index contributed by atoms with van der Waals surface area (Å²) in [6.07, 6.45) is 12.6. The quantitative estimate of drug-likeness (QED) is 0.159. The minimum absolute atomic E-state index is 0.182. The number of ketones is 1. The molecule has 1 aromatic heterocycles. The summed E-state index contributed by atoms with van der Waals surface area (Å²) in [5.74, 6) is 0.535. The van der Waals surface area contributed by atoms with Crippen molar-refractivity contribution in [2.45, 2.75) is 19.4 Å². The van der Waals surface area contributed by atoms with Crippen LogP contribution in [-0.4, -0.2) is 11.9 Å². The molecule has 0 spiro atoms. The fourth-order valence-electron chi connectivity index (χ4n) is 5.96. The Morgan fingerprint density at radius 2 is 1.45 bits per heavy atom. The van der Waals surface area contributed by atoms with Crippen LogP contribution in [0.15, 0.2) is 143 Å². The number of allylic oxidation sites excluding steroid dienone is 7. The van der Waals surface area contributed by atoms with Gasteiger partial charge in [-0.15, -0.1) is 0 Å². The average Bonchev–Trinajstić information content (AvgIpc) is 3.10. The van der Waals surface area contributed by atoms with Crippen LogP contribution < -0.4 is 5.11 Å². The van der Waals surface area contributed by atoms with Gasteiger partial charge >= 0.3 is 11.5 Å². The Morgan fingerprint density at radius 3 is 2.09 bits per heavy atom. The van der Waals surface area contributed by atoms with Crippen LogP contribution in [0.5, 0.6) is 0 Å². The number of halogens is 2. The van der Waals surface area contributed by atoms with Gasteiger partial charge in [0, 0.05) is 17.0 Å². The fraction of sp³-hybridized carbons (Fsp3) is 0.122. The molecule has 47 heavy (non-hydrogen) atoms. The maximum absolute atomic E-state index is 13.7. The van der Waals surface area contributed by atoms with Crippen molar-refractivity contribution in [3.8, 4) is 11.3 Å². The van der Waals surface area contributed by atoms with E-state index < -0.39 is 12.0 Å². The first-order valence-electron chi connectivity index (χ1n) is 15.5. The third-order valence-electron chi connectivity index (χ3n) is 8.58. The van der Waals surface area contributed by atoms with E-state index in [2.05, 4.69) is 13.0 Å². The highest BCUT2D eigenvalue weighted by Crippen LogP contribution is 2.38. The molecule has 3 aromatic carbocycles. The molecule has 4 nitrogen and oxygen atoms in total. The van der Waals surface area contributed by atoms with Crippen LogP contribution in [0.1, 0.15) is 35.8 Å². The second-order valence-corrected chi connectivity index (χ2v) is 11.9. The molecule has 2 aliphatic carbocycles. The van der Waals surface area contributed by atoms with Gasteiger partial charge in [0.15, 0.2) is 5.78 Å². The van der Waals surface area contributed by atoms with E-state index in [-0.39, 0.29) is 28.9 Å². The minimum Gasteiger partial charge on any atom is -0.848 e. The van der Waals surface area contributed by atoms with Crippen LogP contribution in [0.3, 0.4) is 0 Å². The molecular formula is C41H30F2O4. The van der Waals surface area contributed by atoms with E-state index in [1.807, 2.05) is 48.6 Å². The Bertz CT molecular complexity index is 2030. The van der Waals surface area contributed by atoms with Crippen LogP contribution in [0.2, 0.25) is 0 Å². The molecule has 3 atom stereocenters. The summed E-state index contributed by atoms with van der Waals surface area (Å²) in [7, 11) is 0. The van der Waals surface area contributed by atoms with Crippen LogP contribution >= 0.6 is 0 Å². The number of benzene rings is 3. The van der Waals surface area contributed by atoms with Crippen molar-refractivity contribution in [1.82, 2.24) is 0 Å². The van der Waals surface area contributed by atoms with Gasteiger partial charge in [0.25, 0.3) is 0 Å². The monoisotopic (exact) mass is 624 g/mol. The second kappa shape index (κ2) is 12.7. The number of hydrogen-bond donors (Lipinski definition) is 0. The summed E-state index contributed by atoms with van der Waals surface area (Å²) in [5.41, 5.74) is 4.66. The molecule has 3 unspecified atom stereocenters. The van der Waals surface area contributed by atoms with E-state index in [0.29, 0.717) is 45.3 Å². The average molecular weight is 625 g/mol. The Morgan fingerprint density at radius 1 is 0.830 bits per heavy atom. The van der Waals surface area contributed by atoms with Crippen LogP contribution in [0, 0.1) is 23.5 Å². The maximum atomic E-state index is 13.7. The van der Waals surface area contributed by atoms with Gasteiger partial charge in [-0.3, -0.25) is 4.79 Å². The number of hydrogen-bond acceptors (Lipinski definition) is 3. The summed E-state index contributed by atoms with van der Waals surface area (Å²) >= 11 is 0. The van der Waals surface area contributed by atoms with Crippen molar-refractivity contribution in [1.29, 1.82) is 0 Å². The zero-order valence-corrected chi connectivity index (χ0v) is 25.5. The van der Waals surface area contributed by atoms with Gasteiger partial charge in [0.2, 0.25) is 0 Å². The molecule has 6 heteroatoms. The number of rotatable bonds is 6. The summed E-state index contributed by atoms with van der Waals surface area (Å²) in [4.78, 5) is 13.5. The van der Waals surface area contributed by atoms with Crippen LogP contribution in [0.25, 0.3) is 34.5 Å². The van der Waals surface area contributed by atoms with E-state index in [0.717, 1.165) is 17.6 Å². The number of carbonyl (C=O) groups is 1. The normalized spacial score (nSPS) is 22.3. The van der Waals surface area contributed by atoms with E-state index in [1.165, 1.54) is 24.3 Å². The summed E-state index contributed by atoms with van der Waals surface area (Å²) in [6, 6.07) is 25.1. The zero-order valence-electron chi connectivity index (χ0n) is 25.5. The molecule has 4 aromatic rings. The second-order valence-electron chi connectivity index (χ2n) is 11.9. The molecule has 0 bridgehead atoms. The molecule has 0 amide bonds. The predicted octanol–water partition coefficient (Wildman–Crippen LogP) is 8.84. The number of ether oxygens (including phenoxy) is 1. The highest BCUT2D eigenvalue weighted by molar-refractivity contribution is 6.10. The molecular weight excluding hydrogens is 594 g/mol. The lowest BCUT2D eigenvalue weighted by Crippen LogP contribution is -2.52. The molecule has 0 radical (unpaired) electrons. The first-order chi connectivity index (χ1) is 22.8. The van der Waals surface area contributed by atoms with Crippen molar-refractivity contribution >= 4 is 29.0 Å². The Hall–Kier alpha value is -5.46. The molecule has 1 fully saturated rings. The van der Waals surface area contributed by atoms with E-state index in [1.54, 1.807) is 54.6 Å². The van der Waals surface area contributed by atoms with Gasteiger partial charge < -0.3 is 9.84 Å². The van der Waals surface area contributed by atoms with E-state index in [9.17, 15) is 18.7 Å². The lowest BCUT2D eigenvalue weighted by molar-refractivity contribution is -0.419. The molecule has 0 N–H and O–H groups in total. The van der Waals surface area contributed by atoms with Crippen molar-refractivity contribution in [3.63, 3.8) is 0 Å². The molecule has 232 valence electrons. The van der Waals surface area contributed by atoms with Gasteiger partial charge in [-0.05, 0) is 102 Å². The number of Topliss-reactive ketones (excluding diaryl/α,β-unsaturated/α-hetero) is 1. The van der Waals surface area contributed by atoms with Crippen molar-refractivity contribution in [2.24, 2.45) is 11.8 Å². The molecule has 3 aliphatic rings. The lowest BCUT2D eigenvalue weighted by Gasteiger charge is -2.42. The first-order valence-corrected chi connectivity index (χ1v) is 15.5. The SMILES string of the molecule is CC1CC=CC=C1c1cc(/C=C2\C(=O)C(/C=C3/C=C(c4ccccc4)OC(c4ccc(F)cc4)=C3)C2[O-])cc(-c2ccc(F)cc2)[o+]1. The minimum atomic E-state index is -1.28.